The molecular weight excluding hydrogens is 514 g/mol. The summed E-state index contributed by atoms with van der Waals surface area (Å²) in [5.41, 5.74) is 9.34. The van der Waals surface area contributed by atoms with E-state index in [9.17, 15) is 13.9 Å². The molecule has 1 aliphatic heterocycles. The van der Waals surface area contributed by atoms with Gasteiger partial charge in [0, 0.05) is 56.1 Å². The average molecular weight is 547 g/mol. The monoisotopic (exact) mass is 546 g/mol. The van der Waals surface area contributed by atoms with Crippen molar-refractivity contribution in [1.29, 1.82) is 0 Å². The van der Waals surface area contributed by atoms with Crippen molar-refractivity contribution in [3.05, 3.63) is 95.3 Å². The van der Waals surface area contributed by atoms with Gasteiger partial charge in [-0.2, -0.15) is 15.1 Å². The zero-order valence-corrected chi connectivity index (χ0v) is 22.2. The highest BCUT2D eigenvalue weighted by Crippen LogP contribution is 2.22. The van der Waals surface area contributed by atoms with Gasteiger partial charge in [-0.05, 0) is 24.6 Å². The molecule has 4 N–H and O–H groups in total. The van der Waals surface area contributed by atoms with Crippen LogP contribution < -0.4 is 16.0 Å². The van der Waals surface area contributed by atoms with Gasteiger partial charge in [0.1, 0.15) is 17.5 Å². The lowest BCUT2D eigenvalue weighted by molar-refractivity contribution is 0.276. The maximum absolute atomic E-state index is 13.6. The second-order valence-electron chi connectivity index (χ2n) is 9.67. The van der Waals surface area contributed by atoms with Gasteiger partial charge in [-0.1, -0.05) is 42.5 Å². The third-order valence-electron chi connectivity index (χ3n) is 6.95. The van der Waals surface area contributed by atoms with E-state index in [2.05, 4.69) is 31.4 Å². The number of aliphatic hydroxyl groups excluding tert-OH is 1. The number of hydrogen-bond acceptors (Lipinski definition) is 8. The first-order valence-electron chi connectivity index (χ1n) is 13.1. The fourth-order valence-electron chi connectivity index (χ4n) is 4.79. The topological polar surface area (TPSA) is 108 Å². The van der Waals surface area contributed by atoms with Crippen LogP contribution in [0.2, 0.25) is 0 Å². The average Bonchev–Trinajstić information content (AvgIpc) is 3.31. The zero-order chi connectivity index (χ0) is 28.1. The van der Waals surface area contributed by atoms with E-state index >= 15 is 0 Å². The van der Waals surface area contributed by atoms with E-state index in [1.807, 2.05) is 48.2 Å². The van der Waals surface area contributed by atoms with Gasteiger partial charge >= 0.3 is 0 Å². The Morgan fingerprint density at radius 3 is 2.45 bits per heavy atom. The van der Waals surface area contributed by atoms with Crippen LogP contribution in [0, 0.1) is 18.6 Å². The van der Waals surface area contributed by atoms with Gasteiger partial charge in [-0.25, -0.2) is 13.5 Å². The number of rotatable bonds is 9. The predicted molar refractivity (Wildman–Crippen MR) is 152 cm³/mol. The zero-order valence-electron chi connectivity index (χ0n) is 22.2. The SMILES string of the molecule is Cc1c(C=CCN2CCN(c3cc(F)cc(F)c3)CC2)cnn1-c1cc(N[C@H](CO)c2ccccc2)nc(N)n1. The Bertz CT molecular complexity index is 1450. The fraction of sp³-hybridized carbons (Fsp3) is 0.276. The Balaban J connectivity index is 1.21. The molecule has 4 aromatic rings. The van der Waals surface area contributed by atoms with Crippen LogP contribution in [-0.4, -0.2) is 69.1 Å². The summed E-state index contributed by atoms with van der Waals surface area (Å²) in [6, 6.07) is 14.6. The van der Waals surface area contributed by atoms with Crippen molar-refractivity contribution in [1.82, 2.24) is 24.6 Å². The van der Waals surface area contributed by atoms with Gasteiger partial charge in [-0.3, -0.25) is 4.90 Å². The largest absolute Gasteiger partial charge is 0.394 e. The molecule has 0 amide bonds. The standard InChI is InChI=1S/C29H32F2N8O/c1-20-22(8-5-9-37-10-12-38(13-11-37)25-15-23(30)14-24(31)16-25)18-33-39(20)28-17-27(35-29(32)36-28)34-26(19-40)21-6-3-2-4-7-21/h2-8,14-18,26,40H,9-13,19H2,1H3,(H3,32,34,35,36)/t26-/m1/s1. The number of anilines is 3. The normalized spacial score (nSPS) is 15.1. The molecule has 5 rings (SSSR count). The van der Waals surface area contributed by atoms with E-state index in [1.54, 1.807) is 16.9 Å². The molecule has 9 nitrogen and oxygen atoms in total. The van der Waals surface area contributed by atoms with E-state index in [1.165, 1.54) is 12.1 Å². The van der Waals surface area contributed by atoms with Crippen LogP contribution in [0.3, 0.4) is 0 Å². The molecule has 2 aromatic heterocycles. The number of nitrogen functional groups attached to an aromatic ring is 1. The minimum Gasteiger partial charge on any atom is -0.394 e. The van der Waals surface area contributed by atoms with Crippen molar-refractivity contribution in [3.63, 3.8) is 0 Å². The van der Waals surface area contributed by atoms with Crippen LogP contribution >= 0.6 is 0 Å². The summed E-state index contributed by atoms with van der Waals surface area (Å²) in [6.07, 6.45) is 5.88. The van der Waals surface area contributed by atoms with Crippen molar-refractivity contribution in [2.75, 3.05) is 55.3 Å². The minimum atomic E-state index is -0.560. The molecule has 0 saturated carbocycles. The quantitative estimate of drug-likeness (QED) is 0.291. The second-order valence-corrected chi connectivity index (χ2v) is 9.67. The highest BCUT2D eigenvalue weighted by atomic mass is 19.1. The fourth-order valence-corrected chi connectivity index (χ4v) is 4.79. The maximum Gasteiger partial charge on any atom is 0.224 e. The Hall–Kier alpha value is -4.35. The molecular formula is C29H32F2N8O. The van der Waals surface area contributed by atoms with E-state index < -0.39 is 11.6 Å². The van der Waals surface area contributed by atoms with Crippen LogP contribution in [0.5, 0.6) is 0 Å². The molecule has 11 heteroatoms. The van der Waals surface area contributed by atoms with Crippen LogP contribution in [0.25, 0.3) is 11.9 Å². The van der Waals surface area contributed by atoms with Crippen molar-refractivity contribution >= 4 is 23.5 Å². The number of hydrogen-bond donors (Lipinski definition) is 3. The van der Waals surface area contributed by atoms with Gasteiger partial charge in [0.05, 0.1) is 24.5 Å². The number of halogens is 2. The maximum atomic E-state index is 13.6. The number of aliphatic hydroxyl groups is 1. The lowest BCUT2D eigenvalue weighted by Crippen LogP contribution is -2.46. The highest BCUT2D eigenvalue weighted by molar-refractivity contribution is 5.54. The summed E-state index contributed by atoms with van der Waals surface area (Å²) < 4.78 is 28.9. The molecule has 208 valence electrons. The van der Waals surface area contributed by atoms with Gasteiger partial charge in [0.2, 0.25) is 5.95 Å². The molecule has 0 bridgehead atoms. The van der Waals surface area contributed by atoms with Gasteiger partial charge in [-0.15, -0.1) is 0 Å². The van der Waals surface area contributed by atoms with E-state index in [0.29, 0.717) is 30.4 Å². The van der Waals surface area contributed by atoms with Crippen molar-refractivity contribution in [2.24, 2.45) is 0 Å². The van der Waals surface area contributed by atoms with Crippen LogP contribution in [0.4, 0.5) is 26.2 Å². The number of piperazine rings is 1. The lowest BCUT2D eigenvalue weighted by atomic mass is 10.1. The smallest absolute Gasteiger partial charge is 0.224 e. The van der Waals surface area contributed by atoms with E-state index in [-0.39, 0.29) is 18.6 Å². The molecule has 0 spiro atoms. The Labute approximate surface area is 231 Å². The summed E-state index contributed by atoms with van der Waals surface area (Å²) in [7, 11) is 0. The summed E-state index contributed by atoms with van der Waals surface area (Å²) in [6.45, 7) is 5.55. The second kappa shape index (κ2) is 12.2. The first-order valence-corrected chi connectivity index (χ1v) is 13.1. The highest BCUT2D eigenvalue weighted by Gasteiger charge is 2.18. The third kappa shape index (κ3) is 6.44. The van der Waals surface area contributed by atoms with Crippen LogP contribution in [0.1, 0.15) is 22.9 Å². The number of benzene rings is 2. The molecule has 0 unspecified atom stereocenters. The number of nitrogens with two attached hydrogens (primary N) is 1. The molecule has 1 atom stereocenters. The van der Waals surface area contributed by atoms with E-state index in [0.717, 1.165) is 42.5 Å². The molecule has 0 radical (unpaired) electrons. The third-order valence-corrected chi connectivity index (χ3v) is 6.95. The van der Waals surface area contributed by atoms with Crippen molar-refractivity contribution in [3.8, 4) is 5.82 Å². The summed E-state index contributed by atoms with van der Waals surface area (Å²) in [4.78, 5) is 12.9. The summed E-state index contributed by atoms with van der Waals surface area (Å²) >= 11 is 0. The van der Waals surface area contributed by atoms with Crippen molar-refractivity contribution < 1.29 is 13.9 Å². The van der Waals surface area contributed by atoms with Gasteiger partial charge in [0.15, 0.2) is 5.82 Å². The number of nitrogens with zero attached hydrogens (tertiary/aromatic N) is 6. The molecule has 0 aliphatic carbocycles. The molecule has 1 saturated heterocycles. The van der Waals surface area contributed by atoms with Gasteiger partial charge < -0.3 is 21.1 Å². The van der Waals surface area contributed by atoms with Crippen LogP contribution in [-0.2, 0) is 0 Å². The molecule has 3 heterocycles. The first kappa shape index (κ1) is 27.2. The predicted octanol–water partition coefficient (Wildman–Crippen LogP) is 3.81. The summed E-state index contributed by atoms with van der Waals surface area (Å²) in [5, 5.41) is 17.6. The summed E-state index contributed by atoms with van der Waals surface area (Å²) in [5.74, 6) is -0.0268. The Morgan fingerprint density at radius 1 is 1.02 bits per heavy atom. The molecule has 2 aromatic carbocycles. The first-order chi connectivity index (χ1) is 19.4. The van der Waals surface area contributed by atoms with Crippen molar-refractivity contribution in [2.45, 2.75) is 13.0 Å². The lowest BCUT2D eigenvalue weighted by Gasteiger charge is -2.35. The van der Waals surface area contributed by atoms with E-state index in [4.69, 9.17) is 5.73 Å². The Kier molecular flexibility index (Phi) is 8.32. The molecule has 1 aliphatic rings. The van der Waals surface area contributed by atoms with Crippen LogP contribution in [0.15, 0.2) is 66.9 Å². The number of nitrogens with one attached hydrogen (secondary N) is 1. The Morgan fingerprint density at radius 2 is 1.75 bits per heavy atom. The number of aromatic nitrogens is 4. The van der Waals surface area contributed by atoms with Gasteiger partial charge in [0.25, 0.3) is 0 Å². The minimum absolute atomic E-state index is 0.0943. The molecule has 1 fully saturated rings. The molecule has 40 heavy (non-hydrogen) atoms.